The smallest absolute Gasteiger partial charge is 0.321 e. The van der Waals surface area contributed by atoms with E-state index >= 15 is 0 Å². The van der Waals surface area contributed by atoms with Gasteiger partial charge in [-0.15, -0.1) is 0 Å². The number of nitrogens with zero attached hydrogens (tertiary/aromatic N) is 1. The third-order valence-corrected chi connectivity index (χ3v) is 3.42. The van der Waals surface area contributed by atoms with E-state index in [9.17, 15) is 4.79 Å². The van der Waals surface area contributed by atoms with Crippen molar-refractivity contribution >= 4 is 11.7 Å². The van der Waals surface area contributed by atoms with Crippen LogP contribution < -0.4 is 5.32 Å². The molecule has 18 heavy (non-hydrogen) atoms. The summed E-state index contributed by atoms with van der Waals surface area (Å²) in [6.45, 7) is 3.98. The summed E-state index contributed by atoms with van der Waals surface area (Å²) in [7, 11) is 0. The number of carbonyl (C=O) groups excluding carboxylic acids is 1. The number of urea groups is 1. The molecular formula is C15H22N2O. The van der Waals surface area contributed by atoms with Gasteiger partial charge in [-0.1, -0.05) is 25.5 Å². The molecule has 3 heteroatoms. The Labute approximate surface area is 109 Å². The van der Waals surface area contributed by atoms with E-state index in [1.165, 1.54) is 18.4 Å². The first-order chi connectivity index (χ1) is 8.79. The number of nitrogens with one attached hydrogen (secondary N) is 1. The number of rotatable bonds is 4. The van der Waals surface area contributed by atoms with Gasteiger partial charge in [0.15, 0.2) is 0 Å². The van der Waals surface area contributed by atoms with Gasteiger partial charge in [0.2, 0.25) is 0 Å². The van der Waals surface area contributed by atoms with Gasteiger partial charge in [-0.2, -0.15) is 0 Å². The topological polar surface area (TPSA) is 32.3 Å². The van der Waals surface area contributed by atoms with Gasteiger partial charge >= 0.3 is 6.03 Å². The van der Waals surface area contributed by atoms with Crippen LogP contribution in [0.25, 0.3) is 0 Å². The van der Waals surface area contributed by atoms with E-state index < -0.39 is 0 Å². The summed E-state index contributed by atoms with van der Waals surface area (Å²) in [4.78, 5) is 13.8. The van der Waals surface area contributed by atoms with Crippen LogP contribution in [0, 0.1) is 0 Å². The Hall–Kier alpha value is -1.51. The van der Waals surface area contributed by atoms with E-state index in [0.29, 0.717) is 0 Å². The molecule has 1 aromatic rings. The van der Waals surface area contributed by atoms with Crippen LogP contribution in [0.3, 0.4) is 0 Å². The minimum Gasteiger partial charge on any atom is -0.325 e. The lowest BCUT2D eigenvalue weighted by Crippen LogP contribution is -2.32. The molecule has 98 valence electrons. The molecule has 0 aromatic heterocycles. The van der Waals surface area contributed by atoms with E-state index in [1.807, 2.05) is 17.0 Å². The van der Waals surface area contributed by atoms with Crippen molar-refractivity contribution in [2.75, 3.05) is 18.4 Å². The van der Waals surface area contributed by atoms with Crippen LogP contribution >= 0.6 is 0 Å². The summed E-state index contributed by atoms with van der Waals surface area (Å²) >= 11 is 0. The summed E-state index contributed by atoms with van der Waals surface area (Å²) in [5, 5.41) is 2.95. The maximum Gasteiger partial charge on any atom is 0.321 e. The highest BCUT2D eigenvalue weighted by atomic mass is 16.2. The lowest BCUT2D eigenvalue weighted by molar-refractivity contribution is 0.222. The third kappa shape index (κ3) is 3.49. The zero-order valence-electron chi connectivity index (χ0n) is 11.1. The van der Waals surface area contributed by atoms with Crippen molar-refractivity contribution in [3.05, 3.63) is 29.8 Å². The van der Waals surface area contributed by atoms with Crippen molar-refractivity contribution in [2.45, 2.75) is 39.0 Å². The third-order valence-electron chi connectivity index (χ3n) is 3.42. The monoisotopic (exact) mass is 246 g/mol. The Balaban J connectivity index is 1.87. The van der Waals surface area contributed by atoms with Crippen LogP contribution in [0.4, 0.5) is 10.5 Å². The average molecular weight is 246 g/mol. The molecule has 0 radical (unpaired) electrons. The molecule has 1 N–H and O–H groups in total. The minimum atomic E-state index is 0.0359. The largest absolute Gasteiger partial charge is 0.325 e. The molecular weight excluding hydrogens is 224 g/mol. The molecule has 0 spiro atoms. The highest BCUT2D eigenvalue weighted by Gasteiger charge is 2.17. The van der Waals surface area contributed by atoms with Gasteiger partial charge in [0.05, 0.1) is 0 Å². The quantitative estimate of drug-likeness (QED) is 0.864. The molecule has 1 aliphatic rings. The fourth-order valence-corrected chi connectivity index (χ4v) is 2.26. The van der Waals surface area contributed by atoms with Crippen LogP contribution in [-0.2, 0) is 6.42 Å². The number of aryl methyl sites for hydroxylation is 1. The number of unbranched alkanes of at least 4 members (excludes halogenated alkanes) is 1. The number of carbonyl (C=O) groups is 1. The van der Waals surface area contributed by atoms with Crippen LogP contribution in [0.5, 0.6) is 0 Å². The second-order valence-electron chi connectivity index (χ2n) is 4.92. The molecule has 1 saturated heterocycles. The van der Waals surface area contributed by atoms with Crippen LogP contribution in [0.1, 0.15) is 38.2 Å². The molecule has 0 unspecified atom stereocenters. The average Bonchev–Trinajstić information content (AvgIpc) is 2.92. The SMILES string of the molecule is CCCCc1ccc(NC(=O)N2CCCC2)cc1. The Bertz CT molecular complexity index is 380. The fourth-order valence-electron chi connectivity index (χ4n) is 2.26. The van der Waals surface area contributed by atoms with Crippen LogP contribution in [0.2, 0.25) is 0 Å². The molecule has 0 saturated carbocycles. The predicted molar refractivity (Wildman–Crippen MR) is 74.9 cm³/mol. The molecule has 1 aromatic carbocycles. The summed E-state index contributed by atoms with van der Waals surface area (Å²) < 4.78 is 0. The number of benzene rings is 1. The Morgan fingerprint density at radius 2 is 1.89 bits per heavy atom. The first kappa shape index (κ1) is 12.9. The van der Waals surface area contributed by atoms with Crippen molar-refractivity contribution in [3.8, 4) is 0 Å². The maximum absolute atomic E-state index is 11.9. The lowest BCUT2D eigenvalue weighted by atomic mass is 10.1. The first-order valence-electron chi connectivity index (χ1n) is 6.94. The van der Waals surface area contributed by atoms with E-state index in [4.69, 9.17) is 0 Å². The van der Waals surface area contributed by atoms with Crippen molar-refractivity contribution in [1.82, 2.24) is 4.90 Å². The summed E-state index contributed by atoms with van der Waals surface area (Å²) in [6.07, 6.45) is 5.82. The van der Waals surface area contributed by atoms with Crippen molar-refractivity contribution < 1.29 is 4.79 Å². The van der Waals surface area contributed by atoms with Crippen molar-refractivity contribution in [1.29, 1.82) is 0 Å². The zero-order valence-corrected chi connectivity index (χ0v) is 11.1. The van der Waals surface area contributed by atoms with Gasteiger partial charge in [-0.3, -0.25) is 0 Å². The molecule has 1 fully saturated rings. The Morgan fingerprint density at radius 1 is 1.22 bits per heavy atom. The van der Waals surface area contributed by atoms with Crippen molar-refractivity contribution in [3.63, 3.8) is 0 Å². The molecule has 1 heterocycles. The standard InChI is InChI=1S/C15H22N2O/c1-2-3-6-13-7-9-14(10-8-13)16-15(18)17-11-4-5-12-17/h7-10H,2-6,11-12H2,1H3,(H,16,18). The highest BCUT2D eigenvalue weighted by Crippen LogP contribution is 2.14. The highest BCUT2D eigenvalue weighted by molar-refractivity contribution is 5.89. The fraction of sp³-hybridized carbons (Fsp3) is 0.533. The number of hydrogen-bond acceptors (Lipinski definition) is 1. The molecule has 0 aliphatic carbocycles. The molecule has 2 rings (SSSR count). The zero-order chi connectivity index (χ0) is 12.8. The molecule has 0 bridgehead atoms. The second kappa shape index (κ2) is 6.43. The first-order valence-corrected chi connectivity index (χ1v) is 6.94. The van der Waals surface area contributed by atoms with Gasteiger partial charge in [-0.05, 0) is 43.4 Å². The minimum absolute atomic E-state index is 0.0359. The summed E-state index contributed by atoms with van der Waals surface area (Å²) in [6, 6.07) is 8.25. The Kier molecular flexibility index (Phi) is 4.62. The number of anilines is 1. The number of amides is 2. The van der Waals surface area contributed by atoms with Crippen molar-refractivity contribution in [2.24, 2.45) is 0 Å². The van der Waals surface area contributed by atoms with E-state index in [0.717, 1.165) is 38.0 Å². The molecule has 0 atom stereocenters. The number of hydrogen-bond donors (Lipinski definition) is 1. The van der Waals surface area contributed by atoms with Gasteiger partial charge < -0.3 is 10.2 Å². The van der Waals surface area contributed by atoms with E-state index in [2.05, 4.69) is 24.4 Å². The number of likely N-dealkylation sites (tertiary alicyclic amines) is 1. The molecule has 2 amide bonds. The van der Waals surface area contributed by atoms with Gasteiger partial charge in [0.25, 0.3) is 0 Å². The second-order valence-corrected chi connectivity index (χ2v) is 4.92. The van der Waals surface area contributed by atoms with Gasteiger partial charge in [0, 0.05) is 18.8 Å². The normalized spacial score (nSPS) is 14.8. The van der Waals surface area contributed by atoms with Crippen LogP contribution in [0.15, 0.2) is 24.3 Å². The summed E-state index contributed by atoms with van der Waals surface area (Å²) in [5.41, 5.74) is 2.24. The molecule has 1 aliphatic heterocycles. The molecule has 3 nitrogen and oxygen atoms in total. The predicted octanol–water partition coefficient (Wildman–Crippen LogP) is 3.66. The van der Waals surface area contributed by atoms with E-state index in [1.54, 1.807) is 0 Å². The summed E-state index contributed by atoms with van der Waals surface area (Å²) in [5.74, 6) is 0. The Morgan fingerprint density at radius 3 is 2.50 bits per heavy atom. The van der Waals surface area contributed by atoms with Gasteiger partial charge in [0.1, 0.15) is 0 Å². The van der Waals surface area contributed by atoms with E-state index in [-0.39, 0.29) is 6.03 Å². The lowest BCUT2D eigenvalue weighted by Gasteiger charge is -2.16. The van der Waals surface area contributed by atoms with Crippen LogP contribution in [-0.4, -0.2) is 24.0 Å². The van der Waals surface area contributed by atoms with Gasteiger partial charge in [-0.25, -0.2) is 4.79 Å². The maximum atomic E-state index is 11.9.